The number of nitrogens with zero attached hydrogens (tertiary/aromatic N) is 4. The van der Waals surface area contributed by atoms with E-state index in [-0.39, 0.29) is 6.03 Å². The molecule has 1 N–H and O–H groups in total. The molecule has 0 saturated carbocycles. The lowest BCUT2D eigenvalue weighted by molar-refractivity contribution is 0.184. The average molecular weight is 323 g/mol. The van der Waals surface area contributed by atoms with Crippen LogP contribution in [0.15, 0.2) is 11.6 Å². The van der Waals surface area contributed by atoms with Crippen molar-refractivity contribution < 1.29 is 4.79 Å². The van der Waals surface area contributed by atoms with E-state index in [2.05, 4.69) is 27.1 Å². The SMILES string of the molecule is CN1CCC(NC(=O)N2CCCN(c3nccs3)CC2)CC1. The number of piperidine rings is 1. The van der Waals surface area contributed by atoms with Crippen LogP contribution in [-0.4, -0.2) is 73.2 Å². The summed E-state index contributed by atoms with van der Waals surface area (Å²) in [5.41, 5.74) is 0. The van der Waals surface area contributed by atoms with Gasteiger partial charge in [0, 0.05) is 43.8 Å². The van der Waals surface area contributed by atoms with Crippen LogP contribution >= 0.6 is 11.3 Å². The van der Waals surface area contributed by atoms with Gasteiger partial charge in [0.25, 0.3) is 0 Å². The molecule has 2 aliphatic rings. The number of carbonyl (C=O) groups excluding carboxylic acids is 1. The Morgan fingerprint density at radius 3 is 2.77 bits per heavy atom. The zero-order valence-corrected chi connectivity index (χ0v) is 14.0. The molecule has 2 fully saturated rings. The van der Waals surface area contributed by atoms with Gasteiger partial charge in [-0.25, -0.2) is 9.78 Å². The molecule has 0 unspecified atom stereocenters. The molecule has 2 saturated heterocycles. The summed E-state index contributed by atoms with van der Waals surface area (Å²) in [7, 11) is 2.14. The largest absolute Gasteiger partial charge is 0.346 e. The van der Waals surface area contributed by atoms with Crippen LogP contribution in [0.2, 0.25) is 0 Å². The minimum atomic E-state index is 0.107. The Hall–Kier alpha value is -1.34. The maximum atomic E-state index is 12.5. The van der Waals surface area contributed by atoms with E-state index in [4.69, 9.17) is 0 Å². The van der Waals surface area contributed by atoms with Gasteiger partial charge in [-0.15, -0.1) is 11.3 Å². The summed E-state index contributed by atoms with van der Waals surface area (Å²) in [6.45, 7) is 5.60. The molecule has 0 spiro atoms. The molecule has 7 heteroatoms. The molecule has 22 heavy (non-hydrogen) atoms. The van der Waals surface area contributed by atoms with Crippen molar-refractivity contribution in [3.8, 4) is 0 Å². The summed E-state index contributed by atoms with van der Waals surface area (Å²) in [4.78, 5) is 23.4. The van der Waals surface area contributed by atoms with E-state index in [1.54, 1.807) is 11.3 Å². The van der Waals surface area contributed by atoms with E-state index in [1.807, 2.05) is 16.5 Å². The minimum Gasteiger partial charge on any atom is -0.346 e. The second kappa shape index (κ2) is 7.28. The van der Waals surface area contributed by atoms with Gasteiger partial charge in [-0.2, -0.15) is 0 Å². The summed E-state index contributed by atoms with van der Waals surface area (Å²) in [6.07, 6.45) is 4.96. The molecule has 3 rings (SSSR count). The standard InChI is InChI=1S/C15H25N5OS/c1-18-8-3-13(4-9-18)17-14(21)19-6-2-7-20(11-10-19)15-16-5-12-22-15/h5,12-13H,2-4,6-11H2,1H3,(H,17,21). The molecule has 0 radical (unpaired) electrons. The number of nitrogens with one attached hydrogen (secondary N) is 1. The van der Waals surface area contributed by atoms with E-state index < -0.39 is 0 Å². The van der Waals surface area contributed by atoms with Crippen molar-refractivity contribution in [3.05, 3.63) is 11.6 Å². The zero-order chi connectivity index (χ0) is 15.4. The van der Waals surface area contributed by atoms with Crippen molar-refractivity contribution >= 4 is 22.5 Å². The first-order chi connectivity index (χ1) is 10.7. The number of carbonyl (C=O) groups is 1. The molecule has 0 bridgehead atoms. The third kappa shape index (κ3) is 3.89. The lowest BCUT2D eigenvalue weighted by atomic mass is 10.1. The fourth-order valence-electron chi connectivity index (χ4n) is 3.10. The Morgan fingerprint density at radius 2 is 2.05 bits per heavy atom. The van der Waals surface area contributed by atoms with Gasteiger partial charge in [-0.1, -0.05) is 0 Å². The van der Waals surface area contributed by atoms with Crippen LogP contribution in [0.1, 0.15) is 19.3 Å². The molecule has 0 aromatic carbocycles. The monoisotopic (exact) mass is 323 g/mol. The molecular weight excluding hydrogens is 298 g/mol. The Labute approximate surface area is 136 Å². The summed E-state index contributed by atoms with van der Waals surface area (Å²) in [5, 5.41) is 6.29. The van der Waals surface area contributed by atoms with E-state index >= 15 is 0 Å². The van der Waals surface area contributed by atoms with Gasteiger partial charge in [-0.05, 0) is 39.4 Å². The second-order valence-electron chi connectivity index (χ2n) is 6.17. The highest BCUT2D eigenvalue weighted by atomic mass is 32.1. The first-order valence-electron chi connectivity index (χ1n) is 8.11. The van der Waals surface area contributed by atoms with Crippen LogP contribution in [0.4, 0.5) is 9.93 Å². The lowest BCUT2D eigenvalue weighted by Crippen LogP contribution is -2.49. The Balaban J connectivity index is 1.49. The number of rotatable bonds is 2. The normalized spacial score (nSPS) is 21.7. The molecule has 0 aliphatic carbocycles. The van der Waals surface area contributed by atoms with Gasteiger partial charge >= 0.3 is 6.03 Å². The fraction of sp³-hybridized carbons (Fsp3) is 0.733. The summed E-state index contributed by atoms with van der Waals surface area (Å²) in [6, 6.07) is 0.442. The number of urea groups is 1. The second-order valence-corrected chi connectivity index (χ2v) is 7.04. The quantitative estimate of drug-likeness (QED) is 0.895. The molecule has 0 atom stereocenters. The van der Waals surface area contributed by atoms with Crippen molar-refractivity contribution in [2.45, 2.75) is 25.3 Å². The predicted octanol–water partition coefficient (Wildman–Crippen LogP) is 1.46. The highest BCUT2D eigenvalue weighted by Gasteiger charge is 2.24. The zero-order valence-electron chi connectivity index (χ0n) is 13.2. The number of aromatic nitrogens is 1. The van der Waals surface area contributed by atoms with Crippen molar-refractivity contribution in [1.29, 1.82) is 0 Å². The first-order valence-corrected chi connectivity index (χ1v) is 8.99. The van der Waals surface area contributed by atoms with Crippen LogP contribution < -0.4 is 10.2 Å². The van der Waals surface area contributed by atoms with Crippen LogP contribution in [0.3, 0.4) is 0 Å². The number of hydrogen-bond acceptors (Lipinski definition) is 5. The number of hydrogen-bond donors (Lipinski definition) is 1. The highest BCUT2D eigenvalue weighted by Crippen LogP contribution is 2.19. The van der Waals surface area contributed by atoms with Gasteiger partial charge in [-0.3, -0.25) is 0 Å². The van der Waals surface area contributed by atoms with E-state index in [0.717, 1.165) is 63.7 Å². The first kappa shape index (κ1) is 15.6. The van der Waals surface area contributed by atoms with Crippen molar-refractivity contribution in [2.24, 2.45) is 0 Å². The summed E-state index contributed by atoms with van der Waals surface area (Å²) >= 11 is 1.67. The fourth-order valence-corrected chi connectivity index (χ4v) is 3.80. The maximum absolute atomic E-state index is 12.5. The van der Waals surface area contributed by atoms with Gasteiger partial charge < -0.3 is 20.0 Å². The number of thiazole rings is 1. The molecule has 3 heterocycles. The van der Waals surface area contributed by atoms with Crippen molar-refractivity contribution in [3.63, 3.8) is 0 Å². The Kier molecular flexibility index (Phi) is 5.15. The van der Waals surface area contributed by atoms with Crippen molar-refractivity contribution in [2.75, 3.05) is 51.2 Å². The van der Waals surface area contributed by atoms with E-state index in [1.165, 1.54) is 0 Å². The van der Waals surface area contributed by atoms with Gasteiger partial charge in [0.2, 0.25) is 0 Å². The van der Waals surface area contributed by atoms with Gasteiger partial charge in [0.1, 0.15) is 0 Å². The molecule has 122 valence electrons. The van der Waals surface area contributed by atoms with E-state index in [0.29, 0.717) is 6.04 Å². The average Bonchev–Trinajstić information content (AvgIpc) is 2.94. The maximum Gasteiger partial charge on any atom is 0.317 e. The minimum absolute atomic E-state index is 0.107. The molecule has 6 nitrogen and oxygen atoms in total. The van der Waals surface area contributed by atoms with E-state index in [9.17, 15) is 4.79 Å². The molecule has 2 amide bonds. The van der Waals surface area contributed by atoms with Crippen LogP contribution in [0.25, 0.3) is 0 Å². The van der Waals surface area contributed by atoms with Gasteiger partial charge in [0.05, 0.1) is 0 Å². The Bertz CT molecular complexity index is 472. The third-order valence-electron chi connectivity index (χ3n) is 4.52. The third-order valence-corrected chi connectivity index (χ3v) is 5.35. The predicted molar refractivity (Wildman–Crippen MR) is 89.6 cm³/mol. The van der Waals surface area contributed by atoms with Crippen LogP contribution in [-0.2, 0) is 0 Å². The van der Waals surface area contributed by atoms with Crippen LogP contribution in [0, 0.1) is 0 Å². The van der Waals surface area contributed by atoms with Gasteiger partial charge in [0.15, 0.2) is 5.13 Å². The number of amides is 2. The topological polar surface area (TPSA) is 51.7 Å². The van der Waals surface area contributed by atoms with Crippen LogP contribution in [0.5, 0.6) is 0 Å². The summed E-state index contributed by atoms with van der Waals surface area (Å²) < 4.78 is 0. The Morgan fingerprint density at radius 1 is 1.23 bits per heavy atom. The highest BCUT2D eigenvalue weighted by molar-refractivity contribution is 7.13. The molecular formula is C15H25N5OS. The molecule has 2 aliphatic heterocycles. The smallest absolute Gasteiger partial charge is 0.317 e. The molecule has 1 aromatic heterocycles. The number of likely N-dealkylation sites (tertiary alicyclic amines) is 1. The lowest BCUT2D eigenvalue weighted by Gasteiger charge is -2.31. The summed E-state index contributed by atoms with van der Waals surface area (Å²) in [5.74, 6) is 0. The van der Waals surface area contributed by atoms with Crippen molar-refractivity contribution in [1.82, 2.24) is 20.1 Å². The number of anilines is 1. The molecule has 1 aromatic rings.